The van der Waals surface area contributed by atoms with Crippen LogP contribution in [0.1, 0.15) is 25.8 Å². The van der Waals surface area contributed by atoms with E-state index in [-0.39, 0.29) is 10.6 Å². The van der Waals surface area contributed by atoms with Crippen molar-refractivity contribution in [1.82, 2.24) is 5.32 Å². The molecule has 1 N–H and O–H groups in total. The van der Waals surface area contributed by atoms with Crippen molar-refractivity contribution in [3.63, 3.8) is 0 Å². The number of nitro groups is 1. The highest BCUT2D eigenvalue weighted by Gasteiger charge is 2.14. The number of benzene rings is 1. The summed E-state index contributed by atoms with van der Waals surface area (Å²) in [5.41, 5.74) is 1.04. The Balaban J connectivity index is 2.66. The molecule has 0 spiro atoms. The van der Waals surface area contributed by atoms with Crippen molar-refractivity contribution in [1.29, 1.82) is 0 Å². The van der Waals surface area contributed by atoms with Crippen molar-refractivity contribution in [2.45, 2.75) is 26.8 Å². The Labute approximate surface area is 110 Å². The van der Waals surface area contributed by atoms with Crippen molar-refractivity contribution in [2.75, 3.05) is 6.54 Å². The third kappa shape index (κ3) is 4.09. The van der Waals surface area contributed by atoms with E-state index in [1.807, 2.05) is 6.07 Å². The molecule has 1 unspecified atom stereocenters. The third-order valence-corrected chi connectivity index (χ3v) is 3.68. The number of halogens is 1. The first-order valence-electron chi connectivity index (χ1n) is 5.68. The van der Waals surface area contributed by atoms with Gasteiger partial charge in [-0.25, -0.2) is 0 Å². The maximum Gasteiger partial charge on any atom is 0.283 e. The van der Waals surface area contributed by atoms with Gasteiger partial charge in [0, 0.05) is 12.6 Å². The van der Waals surface area contributed by atoms with E-state index in [1.165, 1.54) is 6.07 Å². The molecular formula is C12H17BrN2O2. The second kappa shape index (κ2) is 6.71. The van der Waals surface area contributed by atoms with Gasteiger partial charge in [-0.1, -0.05) is 32.4 Å². The van der Waals surface area contributed by atoms with Crippen LogP contribution >= 0.6 is 15.9 Å². The Kier molecular flexibility index (Phi) is 5.58. The van der Waals surface area contributed by atoms with Crippen LogP contribution in [0.4, 0.5) is 5.69 Å². The average Bonchev–Trinajstić information content (AvgIpc) is 2.30. The van der Waals surface area contributed by atoms with Crippen LogP contribution in [0.2, 0.25) is 0 Å². The Bertz CT molecular complexity index is 396. The van der Waals surface area contributed by atoms with Crippen LogP contribution in [0.5, 0.6) is 0 Å². The maximum atomic E-state index is 10.8. The minimum Gasteiger partial charge on any atom is -0.312 e. The molecule has 0 aliphatic rings. The monoisotopic (exact) mass is 300 g/mol. The molecule has 0 heterocycles. The van der Waals surface area contributed by atoms with Gasteiger partial charge in [-0.05, 0) is 34.0 Å². The molecule has 0 saturated heterocycles. The van der Waals surface area contributed by atoms with Crippen LogP contribution in [0.3, 0.4) is 0 Å². The maximum absolute atomic E-state index is 10.8. The molecule has 0 aromatic heterocycles. The molecule has 1 atom stereocenters. The van der Waals surface area contributed by atoms with Gasteiger partial charge in [0.15, 0.2) is 0 Å². The highest BCUT2D eigenvalue weighted by molar-refractivity contribution is 9.10. The summed E-state index contributed by atoms with van der Waals surface area (Å²) >= 11 is 3.28. The fourth-order valence-corrected chi connectivity index (χ4v) is 1.99. The number of nitrogens with zero attached hydrogens (tertiary/aromatic N) is 1. The van der Waals surface area contributed by atoms with E-state index >= 15 is 0 Å². The van der Waals surface area contributed by atoms with Gasteiger partial charge >= 0.3 is 0 Å². The summed E-state index contributed by atoms with van der Waals surface area (Å²) in [6.45, 7) is 5.89. The Morgan fingerprint density at radius 1 is 1.53 bits per heavy atom. The van der Waals surface area contributed by atoms with Gasteiger partial charge in [0.1, 0.15) is 0 Å². The topological polar surface area (TPSA) is 55.2 Å². The molecule has 0 amide bonds. The summed E-state index contributed by atoms with van der Waals surface area (Å²) in [5.74, 6) is 0.618. The van der Waals surface area contributed by atoms with Gasteiger partial charge in [-0.3, -0.25) is 10.1 Å². The summed E-state index contributed by atoms with van der Waals surface area (Å²) < 4.78 is 0.571. The highest BCUT2D eigenvalue weighted by Crippen LogP contribution is 2.28. The second-order valence-electron chi connectivity index (χ2n) is 4.15. The predicted octanol–water partition coefficient (Wildman–Crippen LogP) is 3.49. The van der Waals surface area contributed by atoms with Crippen molar-refractivity contribution >= 4 is 21.6 Å². The van der Waals surface area contributed by atoms with E-state index in [0.29, 0.717) is 16.9 Å². The number of hydrogen-bond acceptors (Lipinski definition) is 3. The molecule has 94 valence electrons. The van der Waals surface area contributed by atoms with Gasteiger partial charge in [-0.2, -0.15) is 0 Å². The number of rotatable bonds is 6. The fraction of sp³-hybridized carbons (Fsp3) is 0.500. The summed E-state index contributed by atoms with van der Waals surface area (Å²) in [7, 11) is 0. The van der Waals surface area contributed by atoms with Gasteiger partial charge < -0.3 is 5.32 Å². The molecule has 17 heavy (non-hydrogen) atoms. The van der Waals surface area contributed by atoms with Gasteiger partial charge in [-0.15, -0.1) is 0 Å². The van der Waals surface area contributed by atoms with Gasteiger partial charge in [0.2, 0.25) is 0 Å². The molecule has 1 aromatic carbocycles. The largest absolute Gasteiger partial charge is 0.312 e. The lowest BCUT2D eigenvalue weighted by atomic mass is 10.1. The normalized spacial score (nSPS) is 12.4. The molecule has 0 saturated carbocycles. The lowest BCUT2D eigenvalue weighted by Crippen LogP contribution is -2.20. The lowest BCUT2D eigenvalue weighted by molar-refractivity contribution is -0.385. The second-order valence-corrected chi connectivity index (χ2v) is 4.94. The van der Waals surface area contributed by atoms with E-state index in [0.717, 1.165) is 18.5 Å². The molecule has 5 heteroatoms. The first-order chi connectivity index (χ1) is 8.06. The van der Waals surface area contributed by atoms with E-state index < -0.39 is 0 Å². The van der Waals surface area contributed by atoms with E-state index in [1.54, 1.807) is 6.07 Å². The molecule has 0 radical (unpaired) electrons. The molecule has 0 bridgehead atoms. The Morgan fingerprint density at radius 2 is 2.24 bits per heavy atom. The minimum atomic E-state index is -0.373. The smallest absolute Gasteiger partial charge is 0.283 e. The molecule has 0 aliphatic carbocycles. The molecule has 1 aromatic rings. The van der Waals surface area contributed by atoms with Crippen LogP contribution < -0.4 is 5.32 Å². The van der Waals surface area contributed by atoms with Crippen molar-refractivity contribution in [3.05, 3.63) is 38.3 Å². The highest BCUT2D eigenvalue weighted by atomic mass is 79.9. The average molecular weight is 301 g/mol. The standard InChI is InChI=1S/C12H17BrN2O2/c1-3-9(2)7-14-8-10-5-4-6-11(12(10)13)15(16)17/h4-6,9,14H,3,7-8H2,1-2H3. The van der Waals surface area contributed by atoms with Crippen LogP contribution in [0.15, 0.2) is 22.7 Å². The van der Waals surface area contributed by atoms with Crippen molar-refractivity contribution in [3.8, 4) is 0 Å². The number of hydrogen-bond donors (Lipinski definition) is 1. The van der Waals surface area contributed by atoms with Crippen molar-refractivity contribution < 1.29 is 4.92 Å². The first kappa shape index (κ1) is 14.1. The van der Waals surface area contributed by atoms with Crippen LogP contribution in [0.25, 0.3) is 0 Å². The van der Waals surface area contributed by atoms with E-state index in [9.17, 15) is 10.1 Å². The summed E-state index contributed by atoms with van der Waals surface area (Å²) in [6, 6.07) is 5.10. The molecule has 1 rings (SSSR count). The lowest BCUT2D eigenvalue weighted by Gasteiger charge is -2.11. The van der Waals surface area contributed by atoms with E-state index in [4.69, 9.17) is 0 Å². The fourth-order valence-electron chi connectivity index (χ4n) is 1.44. The SMILES string of the molecule is CCC(C)CNCc1cccc([N+](=O)[O-])c1Br. The zero-order valence-corrected chi connectivity index (χ0v) is 11.7. The van der Waals surface area contributed by atoms with Crippen LogP contribution in [-0.4, -0.2) is 11.5 Å². The van der Waals surface area contributed by atoms with Crippen LogP contribution in [-0.2, 0) is 6.54 Å². The third-order valence-electron chi connectivity index (χ3n) is 2.76. The first-order valence-corrected chi connectivity index (χ1v) is 6.48. The van der Waals surface area contributed by atoms with Gasteiger partial charge in [0.05, 0.1) is 9.40 Å². The minimum absolute atomic E-state index is 0.118. The molecular weight excluding hydrogens is 284 g/mol. The predicted molar refractivity (Wildman–Crippen MR) is 72.0 cm³/mol. The summed E-state index contributed by atoms with van der Waals surface area (Å²) in [6.07, 6.45) is 1.13. The number of nitrogens with one attached hydrogen (secondary N) is 1. The summed E-state index contributed by atoms with van der Waals surface area (Å²) in [4.78, 5) is 10.4. The summed E-state index contributed by atoms with van der Waals surface area (Å²) in [5, 5.41) is 14.1. The van der Waals surface area contributed by atoms with Gasteiger partial charge in [0.25, 0.3) is 5.69 Å². The zero-order valence-electron chi connectivity index (χ0n) is 10.1. The Morgan fingerprint density at radius 3 is 2.82 bits per heavy atom. The molecule has 0 fully saturated rings. The molecule has 0 aliphatic heterocycles. The zero-order chi connectivity index (χ0) is 12.8. The van der Waals surface area contributed by atoms with Crippen LogP contribution in [0, 0.1) is 16.0 Å². The Hall–Kier alpha value is -0.940. The number of nitro benzene ring substituents is 1. The van der Waals surface area contributed by atoms with E-state index in [2.05, 4.69) is 35.1 Å². The molecule has 4 nitrogen and oxygen atoms in total. The van der Waals surface area contributed by atoms with Crippen molar-refractivity contribution in [2.24, 2.45) is 5.92 Å². The quantitative estimate of drug-likeness (QED) is 0.646.